The zero-order valence-corrected chi connectivity index (χ0v) is 26.1. The molecule has 4 heterocycles. The maximum Gasteiger partial charge on any atom is 0.319 e. The van der Waals surface area contributed by atoms with Gasteiger partial charge in [-0.05, 0) is 80.9 Å². The highest BCUT2D eigenvalue weighted by molar-refractivity contribution is 6.36. The number of piperazine rings is 1. The van der Waals surface area contributed by atoms with Crippen molar-refractivity contribution >= 4 is 45.0 Å². The predicted molar refractivity (Wildman–Crippen MR) is 176 cm³/mol. The third-order valence-electron chi connectivity index (χ3n) is 9.43. The van der Waals surface area contributed by atoms with Gasteiger partial charge in [-0.2, -0.15) is 9.97 Å². The van der Waals surface area contributed by atoms with E-state index < -0.39 is 0 Å². The minimum Gasteiger partial charge on any atom is -0.492 e. The minimum absolute atomic E-state index is 0.0235. The van der Waals surface area contributed by atoms with Gasteiger partial charge in [-0.3, -0.25) is 4.79 Å². The van der Waals surface area contributed by atoms with Gasteiger partial charge in [-0.1, -0.05) is 48.5 Å². The number of amides is 1. The molecule has 0 aliphatic carbocycles. The van der Waals surface area contributed by atoms with Crippen LogP contribution in [-0.2, 0) is 11.2 Å². The Bertz CT molecular complexity index is 1750. The third-order valence-corrected chi connectivity index (χ3v) is 9.74. The molecular weight excluding hydrogens is 574 g/mol. The SMILES string of the molecule is C=CC(=O)N1CCN(c2nc(OC[C@@H]3CCCN3C)nc3cc(-c4cccc5cccc(Cl)c45)c4c(c23)OCCC4)[C@@H](C)C1. The number of nitrogens with zero attached hydrogens (tertiary/aromatic N) is 5. The summed E-state index contributed by atoms with van der Waals surface area (Å²) in [5, 5.41) is 3.73. The molecule has 0 N–H and O–H groups in total. The highest BCUT2D eigenvalue weighted by Crippen LogP contribution is 2.46. The van der Waals surface area contributed by atoms with Gasteiger partial charge in [0.2, 0.25) is 5.91 Å². The molecule has 8 nitrogen and oxygen atoms in total. The Morgan fingerprint density at radius 3 is 2.73 bits per heavy atom. The smallest absolute Gasteiger partial charge is 0.319 e. The molecule has 3 aliphatic heterocycles. The number of likely N-dealkylation sites (N-methyl/N-ethyl adjacent to an activating group) is 1. The summed E-state index contributed by atoms with van der Waals surface area (Å²) in [4.78, 5) is 29.0. The Kier molecular flexibility index (Phi) is 7.81. The number of ether oxygens (including phenoxy) is 2. The normalized spacial score (nSPS) is 20.5. The molecule has 44 heavy (non-hydrogen) atoms. The van der Waals surface area contributed by atoms with E-state index >= 15 is 0 Å². The average Bonchev–Trinajstić information content (AvgIpc) is 3.46. The van der Waals surface area contributed by atoms with E-state index in [9.17, 15) is 4.79 Å². The zero-order valence-electron chi connectivity index (χ0n) is 25.4. The van der Waals surface area contributed by atoms with Crippen LogP contribution in [0.2, 0.25) is 5.02 Å². The second-order valence-electron chi connectivity index (χ2n) is 12.2. The van der Waals surface area contributed by atoms with Crippen molar-refractivity contribution in [1.29, 1.82) is 0 Å². The summed E-state index contributed by atoms with van der Waals surface area (Å²) in [6.07, 6.45) is 5.46. The molecule has 7 rings (SSSR count). The van der Waals surface area contributed by atoms with Crippen LogP contribution in [0, 0.1) is 0 Å². The van der Waals surface area contributed by atoms with Gasteiger partial charge < -0.3 is 24.2 Å². The van der Waals surface area contributed by atoms with E-state index in [2.05, 4.69) is 60.7 Å². The van der Waals surface area contributed by atoms with Gasteiger partial charge in [-0.25, -0.2) is 0 Å². The van der Waals surface area contributed by atoms with E-state index in [1.165, 1.54) is 12.5 Å². The summed E-state index contributed by atoms with van der Waals surface area (Å²) in [7, 11) is 2.14. The van der Waals surface area contributed by atoms with E-state index in [1.54, 1.807) is 0 Å². The Morgan fingerprint density at radius 1 is 1.11 bits per heavy atom. The fourth-order valence-corrected chi connectivity index (χ4v) is 7.37. The maximum absolute atomic E-state index is 12.5. The number of benzene rings is 3. The first-order chi connectivity index (χ1) is 21.4. The summed E-state index contributed by atoms with van der Waals surface area (Å²) < 4.78 is 12.9. The molecule has 228 valence electrons. The van der Waals surface area contributed by atoms with Gasteiger partial charge in [0.15, 0.2) is 0 Å². The first-order valence-corrected chi connectivity index (χ1v) is 16.0. The Hall–Kier alpha value is -3.88. The lowest BCUT2D eigenvalue weighted by Gasteiger charge is -2.41. The topological polar surface area (TPSA) is 71.0 Å². The number of fused-ring (bicyclic) bond motifs is 4. The standard InChI is InChI=1S/C35H38ClN5O3/c1-4-30(42)40-16-17-41(22(2)20-40)34-32-29(37-35(38-34)44-21-24-11-7-15-39(24)3)19-27(26-13-8-18-43-33(26)32)25-12-5-9-23-10-6-14-28(36)31(23)25/h4-6,9-10,12,14,19,22,24H,1,7-8,11,13,15-18,20-21H2,2-3H3/t22-,24-/m0/s1. The highest BCUT2D eigenvalue weighted by atomic mass is 35.5. The van der Waals surface area contributed by atoms with Crippen LogP contribution in [0.4, 0.5) is 5.82 Å². The monoisotopic (exact) mass is 611 g/mol. The third kappa shape index (κ3) is 5.14. The van der Waals surface area contributed by atoms with E-state index in [0.717, 1.165) is 80.8 Å². The van der Waals surface area contributed by atoms with Gasteiger partial charge >= 0.3 is 6.01 Å². The van der Waals surface area contributed by atoms with Crippen molar-refractivity contribution in [3.63, 3.8) is 0 Å². The van der Waals surface area contributed by atoms with Crippen molar-refractivity contribution in [2.24, 2.45) is 0 Å². The molecule has 1 aromatic heterocycles. The van der Waals surface area contributed by atoms with Crippen molar-refractivity contribution in [2.45, 2.75) is 44.7 Å². The van der Waals surface area contributed by atoms with Crippen LogP contribution in [0.25, 0.3) is 32.8 Å². The molecule has 9 heteroatoms. The molecule has 2 saturated heterocycles. The molecule has 2 atom stereocenters. The van der Waals surface area contributed by atoms with Gasteiger partial charge in [0.1, 0.15) is 18.2 Å². The number of carbonyl (C=O) groups excluding carboxylic acids is 1. The van der Waals surface area contributed by atoms with Crippen LogP contribution in [0.15, 0.2) is 55.1 Å². The first kappa shape index (κ1) is 28.9. The molecule has 0 saturated carbocycles. The van der Waals surface area contributed by atoms with Crippen LogP contribution in [0.5, 0.6) is 11.8 Å². The molecule has 3 aliphatic rings. The van der Waals surface area contributed by atoms with Gasteiger partial charge in [-0.15, -0.1) is 0 Å². The van der Waals surface area contributed by atoms with Crippen LogP contribution >= 0.6 is 11.6 Å². The van der Waals surface area contributed by atoms with E-state index in [4.69, 9.17) is 31.0 Å². The van der Waals surface area contributed by atoms with E-state index in [1.807, 2.05) is 17.0 Å². The molecule has 2 fully saturated rings. The summed E-state index contributed by atoms with van der Waals surface area (Å²) in [6, 6.07) is 15.2. The lowest BCUT2D eigenvalue weighted by molar-refractivity contribution is -0.126. The number of hydrogen-bond donors (Lipinski definition) is 0. The average molecular weight is 612 g/mol. The number of anilines is 1. The number of halogens is 1. The van der Waals surface area contributed by atoms with Gasteiger partial charge in [0.25, 0.3) is 0 Å². The fourth-order valence-electron chi connectivity index (χ4n) is 7.09. The predicted octanol–water partition coefficient (Wildman–Crippen LogP) is 6.12. The Balaban J connectivity index is 1.41. The van der Waals surface area contributed by atoms with Crippen LogP contribution < -0.4 is 14.4 Å². The summed E-state index contributed by atoms with van der Waals surface area (Å²) >= 11 is 6.82. The second-order valence-corrected chi connectivity index (χ2v) is 12.6. The van der Waals surface area contributed by atoms with E-state index in [0.29, 0.717) is 44.9 Å². The van der Waals surface area contributed by atoms with Gasteiger partial charge in [0, 0.05) is 47.7 Å². The van der Waals surface area contributed by atoms with Crippen molar-refractivity contribution in [1.82, 2.24) is 19.8 Å². The molecule has 0 radical (unpaired) electrons. The number of aromatic nitrogens is 2. The molecule has 0 unspecified atom stereocenters. The van der Waals surface area contributed by atoms with Crippen LogP contribution in [0.1, 0.15) is 31.7 Å². The van der Waals surface area contributed by atoms with E-state index in [-0.39, 0.29) is 11.9 Å². The van der Waals surface area contributed by atoms with Crippen molar-refractivity contribution in [3.8, 4) is 22.9 Å². The summed E-state index contributed by atoms with van der Waals surface area (Å²) in [6.45, 7) is 9.84. The lowest BCUT2D eigenvalue weighted by atomic mass is 9.89. The largest absolute Gasteiger partial charge is 0.492 e. The maximum atomic E-state index is 12.5. The molecule has 3 aromatic carbocycles. The van der Waals surface area contributed by atoms with Crippen molar-refractivity contribution < 1.29 is 14.3 Å². The first-order valence-electron chi connectivity index (χ1n) is 15.6. The minimum atomic E-state index is -0.0483. The summed E-state index contributed by atoms with van der Waals surface area (Å²) in [5.74, 6) is 1.58. The fraction of sp³-hybridized carbons (Fsp3) is 0.400. The van der Waals surface area contributed by atoms with Crippen molar-refractivity contribution in [3.05, 3.63) is 65.7 Å². The molecule has 1 amide bonds. The molecule has 0 bridgehead atoms. The number of carbonyl (C=O) groups is 1. The van der Waals surface area contributed by atoms with Gasteiger partial charge in [0.05, 0.1) is 17.5 Å². The number of hydrogen-bond acceptors (Lipinski definition) is 7. The lowest BCUT2D eigenvalue weighted by Crippen LogP contribution is -2.53. The highest BCUT2D eigenvalue weighted by Gasteiger charge is 2.32. The number of likely N-dealkylation sites (tertiary alicyclic amines) is 1. The second kappa shape index (κ2) is 11.9. The zero-order chi connectivity index (χ0) is 30.4. The molecule has 0 spiro atoms. The Labute approximate surface area is 263 Å². The molecule has 4 aromatic rings. The van der Waals surface area contributed by atoms with Crippen molar-refractivity contribution in [2.75, 3.05) is 51.3 Å². The van der Waals surface area contributed by atoms with Crippen LogP contribution in [0.3, 0.4) is 0 Å². The summed E-state index contributed by atoms with van der Waals surface area (Å²) in [5.41, 5.74) is 4.07. The quantitative estimate of drug-likeness (QED) is 0.243. The number of rotatable bonds is 6. The Morgan fingerprint density at radius 2 is 1.95 bits per heavy atom. The molecular formula is C35H38ClN5O3. The van der Waals surface area contributed by atoms with Crippen LogP contribution in [-0.4, -0.2) is 84.2 Å².